The molecule has 0 heterocycles. The molecule has 0 spiro atoms. The van der Waals surface area contributed by atoms with Gasteiger partial charge < -0.3 is 10.2 Å². The summed E-state index contributed by atoms with van der Waals surface area (Å²) in [5.74, 6) is -1.35. The molecular weight excluding hydrogens is 746 g/mol. The lowest BCUT2D eigenvalue weighted by Gasteiger charge is -2.35. The molecule has 1 fully saturated rings. The number of amides is 2. The van der Waals surface area contributed by atoms with E-state index in [1.165, 1.54) is 29.2 Å². The summed E-state index contributed by atoms with van der Waals surface area (Å²) in [5, 5.41) is 2.81. The summed E-state index contributed by atoms with van der Waals surface area (Å²) < 4.78 is 71.2. The summed E-state index contributed by atoms with van der Waals surface area (Å²) in [5.41, 5.74) is 0.0212. The summed E-state index contributed by atoms with van der Waals surface area (Å²) in [6.45, 7) is 0.465. The maximum absolute atomic E-state index is 14.7. The zero-order chi connectivity index (χ0) is 36.9. The molecule has 270 valence electrons. The molecular formula is C37H35Cl3F3N3O4S. The minimum atomic E-state index is -4.93. The lowest BCUT2D eigenvalue weighted by atomic mass is 10.0. The second-order valence-electron chi connectivity index (χ2n) is 12.4. The van der Waals surface area contributed by atoms with Crippen molar-refractivity contribution in [2.75, 3.05) is 10.8 Å². The Morgan fingerprint density at radius 2 is 1.49 bits per heavy atom. The maximum atomic E-state index is 14.7. The van der Waals surface area contributed by atoms with Crippen molar-refractivity contribution in [3.63, 3.8) is 0 Å². The lowest BCUT2D eigenvalue weighted by Crippen LogP contribution is -2.54. The highest BCUT2D eigenvalue weighted by atomic mass is 35.5. The molecule has 0 radical (unpaired) electrons. The molecule has 5 rings (SSSR count). The molecule has 1 N–H and O–H groups in total. The van der Waals surface area contributed by atoms with Gasteiger partial charge in [-0.15, -0.1) is 0 Å². The number of rotatable bonds is 12. The SMILES string of the molecule is Cc1ccc(S(=O)(=O)N(CC(=O)N(Cc2c(Cl)cccc2Cl)[C@@H](Cc2ccccc2)C(=O)NC2CCCC2)c2ccc(Cl)c(C(F)(F)F)c2)cc1. The predicted molar refractivity (Wildman–Crippen MR) is 194 cm³/mol. The monoisotopic (exact) mass is 779 g/mol. The summed E-state index contributed by atoms with van der Waals surface area (Å²) in [7, 11) is -4.66. The van der Waals surface area contributed by atoms with Crippen LogP contribution < -0.4 is 9.62 Å². The summed E-state index contributed by atoms with van der Waals surface area (Å²) >= 11 is 19.0. The van der Waals surface area contributed by atoms with Crippen LogP contribution in [0.5, 0.6) is 0 Å². The summed E-state index contributed by atoms with van der Waals surface area (Å²) in [6, 6.07) is 20.7. The van der Waals surface area contributed by atoms with Crippen LogP contribution in [0.1, 0.15) is 47.9 Å². The molecule has 0 saturated heterocycles. The standard InChI is InChI=1S/C37H35Cl3F3N3O4S/c1-24-14-17-28(18-15-24)51(49,50)46(27-16-19-33(40)30(21-27)37(41,42)43)23-35(47)45(22-29-31(38)12-7-13-32(29)39)34(20-25-8-3-2-4-9-25)36(48)44-26-10-5-6-11-26/h2-4,7-9,12-19,21,26,34H,5-6,10-11,20,22-23H2,1H3,(H,44,48)/t34-/m0/s1. The number of alkyl halides is 3. The highest BCUT2D eigenvalue weighted by Crippen LogP contribution is 2.38. The fourth-order valence-electron chi connectivity index (χ4n) is 6.03. The molecule has 0 bridgehead atoms. The van der Waals surface area contributed by atoms with Crippen LogP contribution in [0.2, 0.25) is 15.1 Å². The topological polar surface area (TPSA) is 86.8 Å². The van der Waals surface area contributed by atoms with Gasteiger partial charge in [0.05, 0.1) is 21.2 Å². The van der Waals surface area contributed by atoms with Crippen LogP contribution >= 0.6 is 34.8 Å². The number of aryl methyl sites for hydroxylation is 1. The molecule has 1 aliphatic carbocycles. The number of halogens is 6. The minimum Gasteiger partial charge on any atom is -0.352 e. The third-order valence-corrected chi connectivity index (χ3v) is 11.6. The van der Waals surface area contributed by atoms with E-state index >= 15 is 0 Å². The van der Waals surface area contributed by atoms with Crippen LogP contribution in [0.25, 0.3) is 0 Å². The van der Waals surface area contributed by atoms with Crippen LogP contribution in [0.3, 0.4) is 0 Å². The fourth-order valence-corrected chi connectivity index (χ4v) is 8.17. The van der Waals surface area contributed by atoms with Crippen LogP contribution in [0.15, 0.2) is 95.9 Å². The molecule has 7 nitrogen and oxygen atoms in total. The van der Waals surface area contributed by atoms with Gasteiger partial charge in [0.1, 0.15) is 12.6 Å². The Bertz CT molecular complexity index is 1950. The summed E-state index contributed by atoms with van der Waals surface area (Å²) in [4.78, 5) is 29.8. The third kappa shape index (κ3) is 9.37. The smallest absolute Gasteiger partial charge is 0.352 e. The molecule has 2 amide bonds. The van der Waals surface area contributed by atoms with Crippen molar-refractivity contribution in [3.8, 4) is 0 Å². The summed E-state index contributed by atoms with van der Waals surface area (Å²) in [6.07, 6.45) is -1.51. The molecule has 14 heteroatoms. The van der Waals surface area contributed by atoms with Gasteiger partial charge in [-0.25, -0.2) is 8.42 Å². The number of benzene rings is 4. The van der Waals surface area contributed by atoms with Gasteiger partial charge in [-0.3, -0.25) is 13.9 Å². The highest BCUT2D eigenvalue weighted by molar-refractivity contribution is 7.92. The first-order valence-electron chi connectivity index (χ1n) is 16.2. The van der Waals surface area contributed by atoms with Crippen LogP contribution in [0, 0.1) is 6.92 Å². The largest absolute Gasteiger partial charge is 0.417 e. The molecule has 0 aromatic heterocycles. The van der Waals surface area contributed by atoms with Gasteiger partial charge >= 0.3 is 6.18 Å². The Morgan fingerprint density at radius 1 is 0.863 bits per heavy atom. The maximum Gasteiger partial charge on any atom is 0.417 e. The van der Waals surface area contributed by atoms with E-state index in [0.29, 0.717) is 21.5 Å². The van der Waals surface area contributed by atoms with E-state index in [1.807, 2.05) is 0 Å². The second kappa shape index (κ2) is 16.3. The van der Waals surface area contributed by atoms with E-state index in [0.717, 1.165) is 43.4 Å². The number of sulfonamides is 1. The number of hydrogen-bond donors (Lipinski definition) is 1. The molecule has 51 heavy (non-hydrogen) atoms. The molecule has 4 aromatic rings. The first-order chi connectivity index (χ1) is 24.1. The van der Waals surface area contributed by atoms with Gasteiger partial charge in [-0.1, -0.05) is 102 Å². The fraction of sp³-hybridized carbons (Fsp3) is 0.297. The van der Waals surface area contributed by atoms with Gasteiger partial charge in [0.2, 0.25) is 11.8 Å². The average molecular weight is 781 g/mol. The van der Waals surface area contributed by atoms with Crippen molar-refractivity contribution in [3.05, 3.63) is 128 Å². The van der Waals surface area contributed by atoms with E-state index in [2.05, 4.69) is 5.32 Å². The Labute approximate surface area is 310 Å². The van der Waals surface area contributed by atoms with E-state index < -0.39 is 56.9 Å². The van der Waals surface area contributed by atoms with Gasteiger partial charge in [0, 0.05) is 34.6 Å². The Kier molecular flexibility index (Phi) is 12.3. The molecule has 1 saturated carbocycles. The normalized spacial score (nSPS) is 14.3. The average Bonchev–Trinajstić information content (AvgIpc) is 3.60. The molecule has 1 aliphatic rings. The van der Waals surface area contributed by atoms with E-state index in [4.69, 9.17) is 34.8 Å². The number of nitrogens with zero attached hydrogens (tertiary/aromatic N) is 2. The number of nitrogens with one attached hydrogen (secondary N) is 1. The molecule has 0 unspecified atom stereocenters. The lowest BCUT2D eigenvalue weighted by molar-refractivity contribution is -0.140. The molecule has 1 atom stereocenters. The zero-order valence-electron chi connectivity index (χ0n) is 27.5. The number of hydrogen-bond acceptors (Lipinski definition) is 4. The van der Waals surface area contributed by atoms with E-state index in [9.17, 15) is 31.2 Å². The van der Waals surface area contributed by atoms with Gasteiger partial charge in [-0.05, 0) is 67.8 Å². The van der Waals surface area contributed by atoms with Crippen LogP contribution in [0.4, 0.5) is 18.9 Å². The van der Waals surface area contributed by atoms with Crippen molar-refractivity contribution in [2.45, 2.75) is 68.7 Å². The third-order valence-electron chi connectivity index (χ3n) is 8.79. The van der Waals surface area contributed by atoms with Gasteiger partial charge in [-0.2, -0.15) is 13.2 Å². The van der Waals surface area contributed by atoms with Crippen LogP contribution in [-0.4, -0.2) is 43.8 Å². The number of anilines is 1. The number of carbonyl (C=O) groups excluding carboxylic acids is 2. The van der Waals surface area contributed by atoms with Gasteiger partial charge in [0.25, 0.3) is 10.0 Å². The highest BCUT2D eigenvalue weighted by Gasteiger charge is 2.38. The van der Waals surface area contributed by atoms with Crippen molar-refractivity contribution in [1.82, 2.24) is 10.2 Å². The zero-order valence-corrected chi connectivity index (χ0v) is 30.6. The minimum absolute atomic E-state index is 0.0388. The Morgan fingerprint density at radius 3 is 2.10 bits per heavy atom. The van der Waals surface area contributed by atoms with Crippen molar-refractivity contribution >= 4 is 62.3 Å². The van der Waals surface area contributed by atoms with Gasteiger partial charge in [0.15, 0.2) is 0 Å². The number of carbonyl (C=O) groups is 2. The Hall–Kier alpha value is -3.77. The molecule has 4 aromatic carbocycles. The molecule has 0 aliphatic heterocycles. The first-order valence-corrected chi connectivity index (χ1v) is 18.8. The second-order valence-corrected chi connectivity index (χ2v) is 15.5. The van der Waals surface area contributed by atoms with Crippen molar-refractivity contribution in [1.29, 1.82) is 0 Å². The van der Waals surface area contributed by atoms with Crippen molar-refractivity contribution in [2.24, 2.45) is 0 Å². The van der Waals surface area contributed by atoms with Crippen LogP contribution in [-0.2, 0) is 38.8 Å². The quantitative estimate of drug-likeness (QED) is 0.156. The van der Waals surface area contributed by atoms with E-state index in [-0.39, 0.29) is 33.9 Å². The first kappa shape index (κ1) is 38.5. The van der Waals surface area contributed by atoms with E-state index in [1.54, 1.807) is 55.5 Å². The van der Waals surface area contributed by atoms with Crippen molar-refractivity contribution < 1.29 is 31.2 Å². The predicted octanol–water partition coefficient (Wildman–Crippen LogP) is 8.87. The Balaban J connectivity index is 1.64.